The summed E-state index contributed by atoms with van der Waals surface area (Å²) >= 11 is 0. The molecule has 0 aliphatic carbocycles. The summed E-state index contributed by atoms with van der Waals surface area (Å²) in [6.45, 7) is 1.78. The molecular weight excluding hydrogens is 210 g/mol. The third-order valence-electron chi connectivity index (χ3n) is 1.99. The molecule has 0 atom stereocenters. The Balaban J connectivity index is 2.40. The molecule has 0 aliphatic heterocycles. The van der Waals surface area contributed by atoms with Gasteiger partial charge >= 0.3 is 11.9 Å². The standard InChI is InChI=1S/C10H9N3O3/c1-2-16-10(15)9(14)13-8-6-4-3-5-7(8)11-12-13/h3-6H,2H2,1H3. The summed E-state index contributed by atoms with van der Waals surface area (Å²) in [6.07, 6.45) is 0. The topological polar surface area (TPSA) is 74.1 Å². The van der Waals surface area contributed by atoms with E-state index in [1.807, 2.05) is 0 Å². The highest BCUT2D eigenvalue weighted by atomic mass is 16.5. The highest BCUT2D eigenvalue weighted by Crippen LogP contribution is 2.09. The van der Waals surface area contributed by atoms with Gasteiger partial charge in [0.1, 0.15) is 5.52 Å². The van der Waals surface area contributed by atoms with Crippen molar-refractivity contribution in [2.45, 2.75) is 6.92 Å². The Bertz CT molecular complexity index is 547. The molecule has 0 saturated heterocycles. The lowest BCUT2D eigenvalue weighted by atomic mass is 10.3. The summed E-state index contributed by atoms with van der Waals surface area (Å²) in [5.41, 5.74) is 1.04. The smallest absolute Gasteiger partial charge is 0.399 e. The fraction of sp³-hybridized carbons (Fsp3) is 0.200. The first-order valence-corrected chi connectivity index (χ1v) is 4.76. The maximum Gasteiger partial charge on any atom is 0.399 e. The minimum Gasteiger partial charge on any atom is -0.459 e. The lowest BCUT2D eigenvalue weighted by Crippen LogP contribution is -2.25. The predicted octanol–water partition coefficient (Wildman–Crippen LogP) is 0.635. The van der Waals surface area contributed by atoms with E-state index in [0.717, 1.165) is 4.68 Å². The summed E-state index contributed by atoms with van der Waals surface area (Å²) in [5.74, 6) is -1.77. The molecule has 1 aromatic heterocycles. The largest absolute Gasteiger partial charge is 0.459 e. The van der Waals surface area contributed by atoms with Crippen LogP contribution in [0.2, 0.25) is 0 Å². The molecule has 6 heteroatoms. The van der Waals surface area contributed by atoms with Gasteiger partial charge in [-0.05, 0) is 19.1 Å². The highest BCUT2D eigenvalue weighted by Gasteiger charge is 2.20. The lowest BCUT2D eigenvalue weighted by molar-refractivity contribution is -0.138. The monoisotopic (exact) mass is 219 g/mol. The molecule has 0 radical (unpaired) electrons. The molecule has 0 N–H and O–H groups in total. The third kappa shape index (κ3) is 1.65. The van der Waals surface area contributed by atoms with Crippen LogP contribution in [0.15, 0.2) is 24.3 Å². The fourth-order valence-corrected chi connectivity index (χ4v) is 1.30. The van der Waals surface area contributed by atoms with E-state index in [9.17, 15) is 9.59 Å². The average molecular weight is 219 g/mol. The number of benzene rings is 1. The molecule has 1 heterocycles. The van der Waals surface area contributed by atoms with Crippen molar-refractivity contribution in [3.63, 3.8) is 0 Å². The molecule has 2 rings (SSSR count). The van der Waals surface area contributed by atoms with Crippen molar-refractivity contribution in [1.82, 2.24) is 15.0 Å². The molecule has 82 valence electrons. The van der Waals surface area contributed by atoms with Crippen LogP contribution in [0.4, 0.5) is 0 Å². The van der Waals surface area contributed by atoms with E-state index in [4.69, 9.17) is 0 Å². The van der Waals surface area contributed by atoms with Gasteiger partial charge in [0.25, 0.3) is 0 Å². The second kappa shape index (κ2) is 4.09. The molecule has 0 fully saturated rings. The number of hydrogen-bond acceptors (Lipinski definition) is 5. The quantitative estimate of drug-likeness (QED) is 0.519. The number of rotatable bonds is 1. The molecule has 0 unspecified atom stereocenters. The summed E-state index contributed by atoms with van der Waals surface area (Å²) < 4.78 is 5.54. The zero-order valence-electron chi connectivity index (χ0n) is 8.58. The van der Waals surface area contributed by atoms with Gasteiger partial charge < -0.3 is 4.74 Å². The maximum atomic E-state index is 11.6. The van der Waals surface area contributed by atoms with Crippen LogP contribution in [0.5, 0.6) is 0 Å². The zero-order chi connectivity index (χ0) is 11.5. The molecular formula is C10H9N3O3. The second-order valence-electron chi connectivity index (χ2n) is 3.02. The van der Waals surface area contributed by atoms with Gasteiger partial charge in [0.15, 0.2) is 0 Å². The normalized spacial score (nSPS) is 10.3. The van der Waals surface area contributed by atoms with Gasteiger partial charge in [-0.1, -0.05) is 17.3 Å². The Morgan fingerprint density at radius 1 is 1.38 bits per heavy atom. The highest BCUT2D eigenvalue weighted by molar-refractivity contribution is 6.34. The van der Waals surface area contributed by atoms with Crippen molar-refractivity contribution in [1.29, 1.82) is 0 Å². The number of fused-ring (bicyclic) bond motifs is 1. The van der Waals surface area contributed by atoms with Gasteiger partial charge in [0, 0.05) is 0 Å². The van der Waals surface area contributed by atoms with Crippen LogP contribution in [-0.2, 0) is 9.53 Å². The van der Waals surface area contributed by atoms with Gasteiger partial charge in [-0.25, -0.2) is 4.79 Å². The van der Waals surface area contributed by atoms with Crippen LogP contribution in [0, 0.1) is 0 Å². The summed E-state index contributed by atoms with van der Waals surface area (Å²) in [5, 5.41) is 7.38. The first-order chi connectivity index (χ1) is 7.74. The Hall–Kier alpha value is -2.24. The van der Waals surface area contributed by atoms with Crippen molar-refractivity contribution in [3.05, 3.63) is 24.3 Å². The number of hydrogen-bond donors (Lipinski definition) is 0. The van der Waals surface area contributed by atoms with E-state index in [1.165, 1.54) is 0 Å². The van der Waals surface area contributed by atoms with E-state index in [2.05, 4.69) is 15.0 Å². The molecule has 0 aliphatic rings. The molecule has 1 aromatic carbocycles. The second-order valence-corrected chi connectivity index (χ2v) is 3.02. The number of nitrogens with zero attached hydrogens (tertiary/aromatic N) is 3. The lowest BCUT2D eigenvalue weighted by Gasteiger charge is -2.00. The number of carbonyl (C=O) groups is 2. The van der Waals surface area contributed by atoms with Crippen molar-refractivity contribution in [2.24, 2.45) is 0 Å². The van der Waals surface area contributed by atoms with Gasteiger partial charge in [-0.3, -0.25) is 4.79 Å². The Morgan fingerprint density at radius 3 is 2.88 bits per heavy atom. The average Bonchev–Trinajstić information content (AvgIpc) is 2.72. The number of carbonyl (C=O) groups excluding carboxylic acids is 2. The molecule has 0 amide bonds. The van der Waals surface area contributed by atoms with Crippen molar-refractivity contribution in [3.8, 4) is 0 Å². The number of ether oxygens (including phenoxy) is 1. The predicted molar refractivity (Wildman–Crippen MR) is 54.8 cm³/mol. The van der Waals surface area contributed by atoms with E-state index in [0.29, 0.717) is 11.0 Å². The molecule has 0 bridgehead atoms. The van der Waals surface area contributed by atoms with E-state index in [-0.39, 0.29) is 6.61 Å². The maximum absolute atomic E-state index is 11.6. The third-order valence-corrected chi connectivity index (χ3v) is 1.99. The SMILES string of the molecule is CCOC(=O)C(=O)n1nnc2ccccc21. The van der Waals surface area contributed by atoms with Crippen LogP contribution < -0.4 is 0 Å². The van der Waals surface area contributed by atoms with Gasteiger partial charge in [-0.15, -0.1) is 5.10 Å². The van der Waals surface area contributed by atoms with Crippen molar-refractivity contribution in [2.75, 3.05) is 6.61 Å². The molecule has 6 nitrogen and oxygen atoms in total. The van der Waals surface area contributed by atoms with Crippen LogP contribution in [-0.4, -0.2) is 33.5 Å². The molecule has 2 aromatic rings. The van der Waals surface area contributed by atoms with E-state index in [1.54, 1.807) is 31.2 Å². The van der Waals surface area contributed by atoms with Crippen molar-refractivity contribution < 1.29 is 14.3 Å². The number of para-hydroxylation sites is 1. The molecule has 16 heavy (non-hydrogen) atoms. The summed E-state index contributed by atoms with van der Waals surface area (Å²) in [4.78, 5) is 22.8. The van der Waals surface area contributed by atoms with Crippen LogP contribution in [0.25, 0.3) is 11.0 Å². The van der Waals surface area contributed by atoms with Crippen LogP contribution in [0.1, 0.15) is 11.7 Å². The zero-order valence-corrected chi connectivity index (χ0v) is 8.58. The fourth-order valence-electron chi connectivity index (χ4n) is 1.30. The Morgan fingerprint density at radius 2 is 2.12 bits per heavy atom. The van der Waals surface area contributed by atoms with Gasteiger partial charge in [-0.2, -0.15) is 4.68 Å². The summed E-state index contributed by atoms with van der Waals surface area (Å²) in [6, 6.07) is 6.88. The first-order valence-electron chi connectivity index (χ1n) is 4.76. The van der Waals surface area contributed by atoms with Gasteiger partial charge in [0.05, 0.1) is 12.1 Å². The molecule has 0 spiro atoms. The minimum absolute atomic E-state index is 0.150. The van der Waals surface area contributed by atoms with Crippen molar-refractivity contribution >= 4 is 22.9 Å². The van der Waals surface area contributed by atoms with E-state index < -0.39 is 11.9 Å². The van der Waals surface area contributed by atoms with Gasteiger partial charge in [0.2, 0.25) is 0 Å². The number of aromatic nitrogens is 3. The van der Waals surface area contributed by atoms with Crippen LogP contribution >= 0.6 is 0 Å². The molecule has 0 saturated carbocycles. The Kier molecular flexibility index (Phi) is 2.63. The minimum atomic E-state index is -0.932. The van der Waals surface area contributed by atoms with E-state index >= 15 is 0 Å². The Labute approximate surface area is 90.8 Å². The van der Waals surface area contributed by atoms with Crippen LogP contribution in [0.3, 0.4) is 0 Å². The summed E-state index contributed by atoms with van der Waals surface area (Å²) in [7, 11) is 0. The first kappa shape index (κ1) is 10.3. The number of esters is 1.